The van der Waals surface area contributed by atoms with Gasteiger partial charge in [0.1, 0.15) is 6.61 Å². The lowest BCUT2D eigenvalue weighted by Gasteiger charge is -2.07. The molecule has 22 heavy (non-hydrogen) atoms. The fourth-order valence-electron chi connectivity index (χ4n) is 1.64. The van der Waals surface area contributed by atoms with Crippen LogP contribution in [0.3, 0.4) is 0 Å². The Kier molecular flexibility index (Phi) is 11.2. The number of hydrogen-bond acceptors (Lipinski definition) is 5. The van der Waals surface area contributed by atoms with Crippen molar-refractivity contribution in [2.45, 2.75) is 19.8 Å². The number of ether oxygens (including phenoxy) is 4. The minimum atomic E-state index is -0.329. The monoisotopic (exact) mass is 310 g/mol. The van der Waals surface area contributed by atoms with Crippen molar-refractivity contribution in [1.82, 2.24) is 0 Å². The molecular formula is C17H26O5. The number of unbranched alkanes of at least 4 members (excludes halogenated alkanes) is 1. The molecule has 5 heteroatoms. The highest BCUT2D eigenvalue weighted by Gasteiger charge is 2.04. The molecule has 0 bridgehead atoms. The normalized spacial score (nSPS) is 10.6. The van der Waals surface area contributed by atoms with Gasteiger partial charge >= 0.3 is 5.97 Å². The predicted molar refractivity (Wildman–Crippen MR) is 84.1 cm³/mol. The Balaban J connectivity index is 1.85. The van der Waals surface area contributed by atoms with Crippen LogP contribution in [0.1, 0.15) is 30.1 Å². The minimum absolute atomic E-state index is 0.244. The average molecular weight is 310 g/mol. The molecule has 0 atom stereocenters. The average Bonchev–Trinajstić information content (AvgIpc) is 2.56. The van der Waals surface area contributed by atoms with E-state index in [-0.39, 0.29) is 12.6 Å². The van der Waals surface area contributed by atoms with Crippen LogP contribution in [-0.4, -0.2) is 52.2 Å². The van der Waals surface area contributed by atoms with Crippen LogP contribution in [0, 0.1) is 0 Å². The van der Waals surface area contributed by atoms with Crippen molar-refractivity contribution in [3.05, 3.63) is 35.9 Å². The molecule has 0 spiro atoms. The maximum absolute atomic E-state index is 11.6. The van der Waals surface area contributed by atoms with E-state index in [0.29, 0.717) is 38.6 Å². The molecule has 1 aromatic carbocycles. The molecule has 1 rings (SSSR count). The third-order valence-electron chi connectivity index (χ3n) is 2.86. The molecule has 0 unspecified atom stereocenters. The second-order valence-corrected chi connectivity index (χ2v) is 4.69. The zero-order valence-electron chi connectivity index (χ0n) is 13.3. The van der Waals surface area contributed by atoms with Crippen molar-refractivity contribution < 1.29 is 23.7 Å². The van der Waals surface area contributed by atoms with Crippen molar-refractivity contribution in [2.75, 3.05) is 46.2 Å². The second-order valence-electron chi connectivity index (χ2n) is 4.69. The Morgan fingerprint density at radius 3 is 1.95 bits per heavy atom. The Labute approximate surface area is 132 Å². The summed E-state index contributed by atoms with van der Waals surface area (Å²) in [6.07, 6.45) is 2.23. The summed E-state index contributed by atoms with van der Waals surface area (Å²) >= 11 is 0. The van der Waals surface area contributed by atoms with Crippen molar-refractivity contribution in [3.63, 3.8) is 0 Å². The highest BCUT2D eigenvalue weighted by atomic mass is 16.6. The van der Waals surface area contributed by atoms with E-state index < -0.39 is 0 Å². The molecule has 0 aromatic heterocycles. The molecule has 0 saturated carbocycles. The maximum Gasteiger partial charge on any atom is 0.338 e. The molecule has 0 aliphatic carbocycles. The van der Waals surface area contributed by atoms with Crippen LogP contribution in [0.25, 0.3) is 0 Å². The number of esters is 1. The van der Waals surface area contributed by atoms with Gasteiger partial charge in [-0.1, -0.05) is 31.5 Å². The summed E-state index contributed by atoms with van der Waals surface area (Å²) in [5.41, 5.74) is 0.550. The number of carbonyl (C=O) groups excluding carboxylic acids is 1. The first kappa shape index (κ1) is 18.6. The number of rotatable bonds is 13. The van der Waals surface area contributed by atoms with Gasteiger partial charge in [-0.05, 0) is 18.6 Å². The molecule has 0 N–H and O–H groups in total. The van der Waals surface area contributed by atoms with E-state index in [4.69, 9.17) is 18.9 Å². The molecular weight excluding hydrogens is 284 g/mol. The zero-order chi connectivity index (χ0) is 15.9. The third-order valence-corrected chi connectivity index (χ3v) is 2.86. The Morgan fingerprint density at radius 1 is 0.818 bits per heavy atom. The van der Waals surface area contributed by atoms with Gasteiger partial charge < -0.3 is 18.9 Å². The summed E-state index contributed by atoms with van der Waals surface area (Å²) in [4.78, 5) is 11.6. The van der Waals surface area contributed by atoms with Crippen LogP contribution < -0.4 is 0 Å². The molecule has 0 amide bonds. The lowest BCUT2D eigenvalue weighted by Crippen LogP contribution is -2.14. The summed E-state index contributed by atoms with van der Waals surface area (Å²) in [5, 5.41) is 0. The first-order chi connectivity index (χ1) is 10.8. The standard InChI is InChI=1S/C17H26O5/c1-2-3-9-19-10-11-20-12-13-21-14-15-22-17(18)16-7-5-4-6-8-16/h4-8H,2-3,9-15H2,1H3. The predicted octanol–water partition coefficient (Wildman–Crippen LogP) is 2.69. The van der Waals surface area contributed by atoms with Gasteiger partial charge in [0.25, 0.3) is 0 Å². The Morgan fingerprint density at radius 2 is 1.36 bits per heavy atom. The van der Waals surface area contributed by atoms with Gasteiger partial charge in [0.05, 0.1) is 38.6 Å². The summed E-state index contributed by atoms with van der Waals surface area (Å²) in [6.45, 7) is 5.74. The summed E-state index contributed by atoms with van der Waals surface area (Å²) in [7, 11) is 0. The molecule has 0 saturated heterocycles. The highest BCUT2D eigenvalue weighted by molar-refractivity contribution is 5.89. The van der Waals surface area contributed by atoms with Gasteiger partial charge in [-0.25, -0.2) is 4.79 Å². The van der Waals surface area contributed by atoms with Crippen LogP contribution in [-0.2, 0) is 18.9 Å². The minimum Gasteiger partial charge on any atom is -0.460 e. The quantitative estimate of drug-likeness (QED) is 0.414. The molecule has 0 heterocycles. The molecule has 124 valence electrons. The summed E-state index contributed by atoms with van der Waals surface area (Å²) in [6, 6.07) is 8.90. The van der Waals surface area contributed by atoms with Crippen LogP contribution >= 0.6 is 0 Å². The lowest BCUT2D eigenvalue weighted by atomic mass is 10.2. The maximum atomic E-state index is 11.6. The van der Waals surface area contributed by atoms with Gasteiger partial charge in [-0.2, -0.15) is 0 Å². The van der Waals surface area contributed by atoms with Crippen molar-refractivity contribution in [2.24, 2.45) is 0 Å². The largest absolute Gasteiger partial charge is 0.460 e. The SMILES string of the molecule is CCCCOCCOCCOCCOC(=O)c1ccccc1. The van der Waals surface area contributed by atoms with E-state index in [0.717, 1.165) is 19.4 Å². The summed E-state index contributed by atoms with van der Waals surface area (Å²) in [5.74, 6) is -0.329. The Hall–Kier alpha value is -1.43. The van der Waals surface area contributed by atoms with Crippen molar-refractivity contribution in [3.8, 4) is 0 Å². The first-order valence-electron chi connectivity index (χ1n) is 7.80. The van der Waals surface area contributed by atoms with E-state index in [2.05, 4.69) is 6.92 Å². The van der Waals surface area contributed by atoms with Gasteiger partial charge in [0.2, 0.25) is 0 Å². The van der Waals surface area contributed by atoms with Gasteiger partial charge in [-0.15, -0.1) is 0 Å². The van der Waals surface area contributed by atoms with Crippen molar-refractivity contribution in [1.29, 1.82) is 0 Å². The van der Waals surface area contributed by atoms with E-state index >= 15 is 0 Å². The highest BCUT2D eigenvalue weighted by Crippen LogP contribution is 2.00. The lowest BCUT2D eigenvalue weighted by molar-refractivity contribution is 0.000288. The fourth-order valence-corrected chi connectivity index (χ4v) is 1.64. The van der Waals surface area contributed by atoms with Crippen LogP contribution in [0.2, 0.25) is 0 Å². The third kappa shape index (κ3) is 9.50. The van der Waals surface area contributed by atoms with Gasteiger partial charge in [0.15, 0.2) is 0 Å². The first-order valence-corrected chi connectivity index (χ1v) is 7.80. The van der Waals surface area contributed by atoms with Crippen LogP contribution in [0.15, 0.2) is 30.3 Å². The molecule has 5 nitrogen and oxygen atoms in total. The Bertz CT molecular complexity index is 380. The van der Waals surface area contributed by atoms with E-state index in [1.54, 1.807) is 24.3 Å². The topological polar surface area (TPSA) is 54.0 Å². The zero-order valence-corrected chi connectivity index (χ0v) is 13.3. The van der Waals surface area contributed by atoms with Crippen LogP contribution in [0.5, 0.6) is 0 Å². The molecule has 0 aliphatic rings. The smallest absolute Gasteiger partial charge is 0.338 e. The van der Waals surface area contributed by atoms with Gasteiger partial charge in [0, 0.05) is 6.61 Å². The second kappa shape index (κ2) is 13.2. The molecule has 0 fully saturated rings. The molecule has 0 radical (unpaired) electrons. The number of benzene rings is 1. The van der Waals surface area contributed by atoms with Crippen LogP contribution in [0.4, 0.5) is 0 Å². The van der Waals surface area contributed by atoms with E-state index in [1.165, 1.54) is 0 Å². The van der Waals surface area contributed by atoms with E-state index in [1.807, 2.05) is 6.07 Å². The van der Waals surface area contributed by atoms with E-state index in [9.17, 15) is 4.79 Å². The van der Waals surface area contributed by atoms with Gasteiger partial charge in [-0.3, -0.25) is 0 Å². The number of carbonyl (C=O) groups is 1. The van der Waals surface area contributed by atoms with Crippen molar-refractivity contribution >= 4 is 5.97 Å². The molecule has 0 aliphatic heterocycles. The fraction of sp³-hybridized carbons (Fsp3) is 0.588. The summed E-state index contributed by atoms with van der Waals surface area (Å²) < 4.78 is 21.1. The molecule has 1 aromatic rings. The number of hydrogen-bond donors (Lipinski definition) is 0.